The molecule has 0 spiro atoms. The number of carbonyl (C=O) groups is 2. The van der Waals surface area contributed by atoms with Crippen LogP contribution in [0.4, 0.5) is 0 Å². The predicted octanol–water partition coefficient (Wildman–Crippen LogP) is 2.79. The van der Waals surface area contributed by atoms with Gasteiger partial charge in [-0.25, -0.2) is 4.68 Å². The first-order valence-electron chi connectivity index (χ1n) is 9.57. The Kier molecular flexibility index (Phi) is 6.45. The smallest absolute Gasteiger partial charge is 0.320 e. The average molecular weight is 403 g/mol. The van der Waals surface area contributed by atoms with Crippen LogP contribution in [0.1, 0.15) is 53.5 Å². The van der Waals surface area contributed by atoms with Crippen LogP contribution in [0.2, 0.25) is 0 Å². The van der Waals surface area contributed by atoms with E-state index in [1.807, 2.05) is 13.0 Å². The first-order chi connectivity index (χ1) is 13.3. The van der Waals surface area contributed by atoms with Crippen LogP contribution in [0, 0.1) is 12.8 Å². The summed E-state index contributed by atoms with van der Waals surface area (Å²) in [5, 5.41) is 8.41. The van der Waals surface area contributed by atoms with Gasteiger partial charge in [-0.2, -0.15) is 0 Å². The number of esters is 2. The number of hydrogen-bond donors (Lipinski definition) is 0. The normalized spacial score (nSPS) is 12.3. The maximum Gasteiger partial charge on any atom is 0.320 e. The van der Waals surface area contributed by atoms with E-state index in [2.05, 4.69) is 10.3 Å². The Labute approximate surface area is 170 Å². The lowest BCUT2D eigenvalue weighted by molar-refractivity contribution is -0.174. The topological polar surface area (TPSA) is 100 Å². The number of nitrogens with zero attached hydrogens (tertiary/aromatic N) is 3. The van der Waals surface area contributed by atoms with Crippen molar-refractivity contribution in [2.75, 3.05) is 0 Å². The van der Waals surface area contributed by atoms with Gasteiger partial charge in [-0.1, -0.05) is 16.8 Å². The first kappa shape index (κ1) is 22.5. The summed E-state index contributed by atoms with van der Waals surface area (Å²) in [5.74, 6) is -2.55. The van der Waals surface area contributed by atoms with E-state index in [-0.39, 0.29) is 18.5 Å². The Hall–Kier alpha value is -2.77. The number of ether oxygens (including phenoxy) is 2. The fraction of sp³-hybridized carbons (Fsp3) is 0.571. The van der Waals surface area contributed by atoms with Crippen molar-refractivity contribution in [1.82, 2.24) is 15.0 Å². The fourth-order valence-electron chi connectivity index (χ4n) is 2.67. The molecular formula is C21H29N3O5. The lowest BCUT2D eigenvalue weighted by Crippen LogP contribution is -2.38. The minimum atomic E-state index is -1.17. The molecule has 0 radical (unpaired) electrons. The van der Waals surface area contributed by atoms with Gasteiger partial charge >= 0.3 is 11.9 Å². The van der Waals surface area contributed by atoms with E-state index >= 15 is 0 Å². The second kappa shape index (κ2) is 8.31. The van der Waals surface area contributed by atoms with Gasteiger partial charge in [-0.3, -0.25) is 14.4 Å². The molecule has 1 aromatic carbocycles. The van der Waals surface area contributed by atoms with E-state index in [0.717, 1.165) is 10.2 Å². The Morgan fingerprint density at radius 3 is 2.10 bits per heavy atom. The van der Waals surface area contributed by atoms with Crippen molar-refractivity contribution >= 4 is 22.8 Å². The average Bonchev–Trinajstić information content (AvgIpc) is 2.54. The van der Waals surface area contributed by atoms with Crippen molar-refractivity contribution in [3.05, 3.63) is 34.1 Å². The molecule has 0 saturated heterocycles. The van der Waals surface area contributed by atoms with Crippen molar-refractivity contribution in [3.8, 4) is 0 Å². The van der Waals surface area contributed by atoms with E-state index in [0.29, 0.717) is 10.9 Å². The van der Waals surface area contributed by atoms with Crippen molar-refractivity contribution in [1.29, 1.82) is 0 Å². The molecular weight excluding hydrogens is 374 g/mol. The molecule has 8 nitrogen and oxygen atoms in total. The summed E-state index contributed by atoms with van der Waals surface area (Å²) in [6.07, 6.45) is 0.00966. The summed E-state index contributed by atoms with van der Waals surface area (Å²) < 4.78 is 11.9. The molecule has 0 saturated carbocycles. The summed E-state index contributed by atoms with van der Waals surface area (Å²) in [6, 6.07) is 5.32. The third-order valence-corrected chi connectivity index (χ3v) is 3.89. The quantitative estimate of drug-likeness (QED) is 0.559. The van der Waals surface area contributed by atoms with Crippen LogP contribution < -0.4 is 5.56 Å². The molecule has 1 heterocycles. The largest absolute Gasteiger partial charge is 0.459 e. The highest BCUT2D eigenvalue weighted by Crippen LogP contribution is 2.19. The SMILES string of the molecule is Cc1ccc2nnn(CCC(C(=O)OC(C)(C)C)C(=O)OC(C)(C)C)c(=O)c2c1. The molecule has 0 fully saturated rings. The predicted molar refractivity (Wildman–Crippen MR) is 108 cm³/mol. The Morgan fingerprint density at radius 2 is 1.59 bits per heavy atom. The van der Waals surface area contributed by atoms with Gasteiger partial charge in [0.25, 0.3) is 5.56 Å². The standard InChI is InChI=1S/C21H29N3O5/c1-13-8-9-16-15(12-13)17(25)24(23-22-16)11-10-14(18(26)28-20(2,3)4)19(27)29-21(5,6)7/h8-9,12,14H,10-11H2,1-7H3. The molecule has 0 aliphatic carbocycles. The lowest BCUT2D eigenvalue weighted by atomic mass is 10.0. The Balaban J connectivity index is 2.28. The van der Waals surface area contributed by atoms with Crippen LogP contribution in [0.15, 0.2) is 23.0 Å². The maximum absolute atomic E-state index is 12.7. The summed E-state index contributed by atoms with van der Waals surface area (Å²) in [4.78, 5) is 37.9. The monoisotopic (exact) mass is 403 g/mol. The van der Waals surface area contributed by atoms with Gasteiger partial charge in [-0.15, -0.1) is 5.10 Å². The van der Waals surface area contributed by atoms with E-state index in [1.165, 1.54) is 0 Å². The molecule has 0 unspecified atom stereocenters. The van der Waals surface area contributed by atoms with Crippen LogP contribution in [-0.4, -0.2) is 38.1 Å². The van der Waals surface area contributed by atoms with Gasteiger partial charge in [0.1, 0.15) is 16.7 Å². The summed E-state index contributed by atoms with van der Waals surface area (Å²) in [7, 11) is 0. The highest BCUT2D eigenvalue weighted by molar-refractivity contribution is 5.95. The number of aromatic nitrogens is 3. The third kappa shape index (κ3) is 6.37. The zero-order chi connectivity index (χ0) is 22.0. The van der Waals surface area contributed by atoms with Crippen molar-refractivity contribution in [3.63, 3.8) is 0 Å². The summed E-state index contributed by atoms with van der Waals surface area (Å²) in [5.41, 5.74) is -0.420. The van der Waals surface area contributed by atoms with Gasteiger partial charge in [-0.05, 0) is 67.0 Å². The molecule has 158 valence electrons. The van der Waals surface area contributed by atoms with Gasteiger partial charge in [0.05, 0.1) is 5.39 Å². The molecule has 2 aromatic rings. The van der Waals surface area contributed by atoms with Crippen LogP contribution in [-0.2, 0) is 25.6 Å². The Bertz CT molecular complexity index is 939. The highest BCUT2D eigenvalue weighted by atomic mass is 16.6. The third-order valence-electron chi connectivity index (χ3n) is 3.89. The van der Waals surface area contributed by atoms with E-state index in [1.54, 1.807) is 53.7 Å². The van der Waals surface area contributed by atoms with E-state index in [4.69, 9.17) is 9.47 Å². The summed E-state index contributed by atoms with van der Waals surface area (Å²) in [6.45, 7) is 12.2. The van der Waals surface area contributed by atoms with Gasteiger partial charge in [0, 0.05) is 6.54 Å². The van der Waals surface area contributed by atoms with E-state index in [9.17, 15) is 14.4 Å². The molecule has 1 aromatic heterocycles. The minimum absolute atomic E-state index is 0.00966. The molecule has 0 aliphatic heterocycles. The van der Waals surface area contributed by atoms with Crippen LogP contribution in [0.25, 0.3) is 10.9 Å². The Morgan fingerprint density at radius 1 is 1.03 bits per heavy atom. The van der Waals surface area contributed by atoms with E-state index < -0.39 is 29.1 Å². The molecule has 0 bridgehead atoms. The number of rotatable bonds is 5. The van der Waals surface area contributed by atoms with Crippen molar-refractivity contribution in [2.24, 2.45) is 5.92 Å². The van der Waals surface area contributed by atoms with Crippen LogP contribution in [0.3, 0.4) is 0 Å². The molecule has 0 amide bonds. The zero-order valence-corrected chi connectivity index (χ0v) is 18.1. The van der Waals surface area contributed by atoms with Gasteiger partial charge in [0.15, 0.2) is 5.92 Å². The number of benzene rings is 1. The minimum Gasteiger partial charge on any atom is -0.459 e. The molecule has 8 heteroatoms. The van der Waals surface area contributed by atoms with Crippen molar-refractivity contribution in [2.45, 2.75) is 72.6 Å². The van der Waals surface area contributed by atoms with Crippen LogP contribution >= 0.6 is 0 Å². The molecule has 0 atom stereocenters. The number of hydrogen-bond acceptors (Lipinski definition) is 7. The van der Waals surface area contributed by atoms with Gasteiger partial charge < -0.3 is 9.47 Å². The second-order valence-electron chi connectivity index (χ2n) is 9.05. The zero-order valence-electron chi connectivity index (χ0n) is 18.1. The molecule has 0 N–H and O–H groups in total. The number of aryl methyl sites for hydroxylation is 2. The van der Waals surface area contributed by atoms with Crippen LogP contribution in [0.5, 0.6) is 0 Å². The molecule has 0 aliphatic rings. The first-order valence-corrected chi connectivity index (χ1v) is 9.57. The van der Waals surface area contributed by atoms with Crippen molar-refractivity contribution < 1.29 is 19.1 Å². The molecule has 29 heavy (non-hydrogen) atoms. The van der Waals surface area contributed by atoms with Gasteiger partial charge in [0.2, 0.25) is 0 Å². The number of carbonyl (C=O) groups excluding carboxylic acids is 2. The lowest BCUT2D eigenvalue weighted by Gasteiger charge is -2.26. The fourth-order valence-corrected chi connectivity index (χ4v) is 2.67. The highest BCUT2D eigenvalue weighted by Gasteiger charge is 2.34. The molecule has 2 rings (SSSR count). The summed E-state index contributed by atoms with van der Waals surface area (Å²) >= 11 is 0. The number of fused-ring (bicyclic) bond motifs is 1. The maximum atomic E-state index is 12.7. The second-order valence-corrected chi connectivity index (χ2v) is 9.05.